The van der Waals surface area contributed by atoms with Crippen molar-refractivity contribution in [1.82, 2.24) is 0 Å². The summed E-state index contributed by atoms with van der Waals surface area (Å²) in [4.78, 5) is 12.0. The van der Waals surface area contributed by atoms with Crippen LogP contribution in [0.25, 0.3) is 0 Å². The Kier molecular flexibility index (Phi) is 3.45. The van der Waals surface area contributed by atoms with Crippen LogP contribution in [0.5, 0.6) is 0 Å². The molecule has 0 spiro atoms. The highest BCUT2D eigenvalue weighted by Crippen LogP contribution is 2.35. The van der Waals surface area contributed by atoms with Crippen LogP contribution in [0.4, 0.5) is 0 Å². The van der Waals surface area contributed by atoms with Crippen LogP contribution in [0.15, 0.2) is 0 Å². The molecule has 0 aliphatic heterocycles. The molecule has 16 heavy (non-hydrogen) atoms. The van der Waals surface area contributed by atoms with Crippen LogP contribution < -0.4 is 0 Å². The first kappa shape index (κ1) is 13.6. The van der Waals surface area contributed by atoms with Gasteiger partial charge in [-0.3, -0.25) is 4.79 Å². The van der Waals surface area contributed by atoms with E-state index >= 15 is 0 Å². The summed E-state index contributed by atoms with van der Waals surface area (Å²) < 4.78 is 0. The fourth-order valence-corrected chi connectivity index (χ4v) is 2.16. The number of hydrogen-bond acceptors (Lipinski definition) is 5. The zero-order valence-corrected chi connectivity index (χ0v) is 9.84. The van der Waals surface area contributed by atoms with E-state index < -0.39 is 35.1 Å². The minimum absolute atomic E-state index is 0.235. The molecular weight excluding hydrogens is 212 g/mol. The van der Waals surface area contributed by atoms with Gasteiger partial charge in [0, 0.05) is 18.3 Å². The van der Waals surface area contributed by atoms with E-state index in [9.17, 15) is 25.2 Å². The van der Waals surface area contributed by atoms with Gasteiger partial charge in [0.2, 0.25) is 0 Å². The monoisotopic (exact) mass is 232 g/mol. The van der Waals surface area contributed by atoms with E-state index in [4.69, 9.17) is 0 Å². The van der Waals surface area contributed by atoms with Crippen molar-refractivity contribution in [1.29, 1.82) is 0 Å². The lowest BCUT2D eigenvalue weighted by molar-refractivity contribution is -0.177. The Bertz CT molecular complexity index is 269. The summed E-state index contributed by atoms with van der Waals surface area (Å²) in [5.74, 6) is -0.426. The Balaban J connectivity index is 2.91. The lowest BCUT2D eigenvalue weighted by atomic mass is 9.70. The minimum Gasteiger partial charge on any atom is -0.390 e. The van der Waals surface area contributed by atoms with Gasteiger partial charge >= 0.3 is 0 Å². The third-order valence-electron chi connectivity index (χ3n) is 2.99. The van der Waals surface area contributed by atoms with Crippen molar-refractivity contribution in [3.05, 3.63) is 0 Å². The Morgan fingerprint density at radius 1 is 1.12 bits per heavy atom. The maximum atomic E-state index is 12.0. The number of carbonyl (C=O) groups is 1. The van der Waals surface area contributed by atoms with Gasteiger partial charge in [-0.15, -0.1) is 0 Å². The normalized spacial score (nSPS) is 40.8. The maximum absolute atomic E-state index is 12.0. The quantitative estimate of drug-likeness (QED) is 0.475. The Hall–Kier alpha value is -0.490. The van der Waals surface area contributed by atoms with E-state index in [2.05, 4.69) is 0 Å². The molecule has 0 amide bonds. The fraction of sp³-hybridized carbons (Fsp3) is 0.909. The molecule has 0 aromatic heterocycles. The minimum atomic E-state index is -1.75. The van der Waals surface area contributed by atoms with Crippen molar-refractivity contribution >= 4 is 5.78 Å². The van der Waals surface area contributed by atoms with Crippen molar-refractivity contribution in [2.75, 3.05) is 0 Å². The molecule has 1 aliphatic rings. The number of aliphatic hydroxyl groups is 4. The third kappa shape index (κ3) is 2.43. The first-order chi connectivity index (χ1) is 7.08. The molecule has 94 valence electrons. The summed E-state index contributed by atoms with van der Waals surface area (Å²) in [5, 5.41) is 38.4. The highest BCUT2D eigenvalue weighted by atomic mass is 16.4. The van der Waals surface area contributed by atoms with Crippen LogP contribution >= 0.6 is 0 Å². The molecule has 1 aliphatic carbocycles. The molecule has 0 saturated heterocycles. The molecule has 0 aromatic rings. The molecule has 1 fully saturated rings. The lowest BCUT2D eigenvalue weighted by Gasteiger charge is -2.41. The molecular formula is C11H20O5. The maximum Gasteiger partial charge on any atom is 0.169 e. The Labute approximate surface area is 94.7 Å². The van der Waals surface area contributed by atoms with Crippen molar-refractivity contribution < 1.29 is 25.2 Å². The molecule has 0 aromatic carbocycles. The van der Waals surface area contributed by atoms with Crippen LogP contribution in [0.2, 0.25) is 0 Å². The lowest BCUT2D eigenvalue weighted by Crippen LogP contribution is -2.58. The van der Waals surface area contributed by atoms with E-state index in [1.807, 2.05) is 0 Å². The van der Waals surface area contributed by atoms with Crippen molar-refractivity contribution in [3.63, 3.8) is 0 Å². The van der Waals surface area contributed by atoms with Crippen molar-refractivity contribution in [2.45, 2.75) is 57.5 Å². The van der Waals surface area contributed by atoms with Crippen LogP contribution in [0, 0.1) is 5.41 Å². The number of Topliss-reactive ketones (excluding diaryl/α,β-unsaturated/α-hetero) is 1. The molecule has 2 atom stereocenters. The third-order valence-corrected chi connectivity index (χ3v) is 2.99. The van der Waals surface area contributed by atoms with Gasteiger partial charge in [-0.05, 0) is 0 Å². The topological polar surface area (TPSA) is 98.0 Å². The fourth-order valence-electron chi connectivity index (χ4n) is 2.16. The van der Waals surface area contributed by atoms with Gasteiger partial charge in [0.05, 0.1) is 12.2 Å². The molecule has 1 rings (SSSR count). The van der Waals surface area contributed by atoms with E-state index in [0.29, 0.717) is 0 Å². The van der Waals surface area contributed by atoms with E-state index in [1.54, 1.807) is 20.8 Å². The molecule has 4 N–H and O–H groups in total. The van der Waals surface area contributed by atoms with Gasteiger partial charge in [-0.25, -0.2) is 0 Å². The molecule has 0 radical (unpaired) electrons. The number of hydrogen-bond donors (Lipinski definition) is 4. The van der Waals surface area contributed by atoms with E-state index in [1.165, 1.54) is 0 Å². The second-order valence-corrected chi connectivity index (χ2v) is 5.64. The van der Waals surface area contributed by atoms with Gasteiger partial charge < -0.3 is 20.4 Å². The predicted octanol–water partition coefficient (Wildman–Crippen LogP) is -0.791. The highest BCUT2D eigenvalue weighted by molar-refractivity contribution is 5.91. The molecule has 0 bridgehead atoms. The molecule has 0 heterocycles. The first-order valence-corrected chi connectivity index (χ1v) is 5.39. The zero-order chi connectivity index (χ0) is 12.7. The van der Waals surface area contributed by atoms with E-state index in [0.717, 1.165) is 0 Å². The second-order valence-electron chi connectivity index (χ2n) is 5.64. The van der Waals surface area contributed by atoms with E-state index in [-0.39, 0.29) is 12.8 Å². The molecule has 0 unspecified atom stereocenters. The Morgan fingerprint density at radius 3 is 1.81 bits per heavy atom. The van der Waals surface area contributed by atoms with Gasteiger partial charge in [-0.2, -0.15) is 0 Å². The molecule has 5 heteroatoms. The van der Waals surface area contributed by atoms with Gasteiger partial charge in [0.15, 0.2) is 5.78 Å². The summed E-state index contributed by atoms with van der Waals surface area (Å²) in [6.07, 6.45) is -4.32. The average molecular weight is 232 g/mol. The Morgan fingerprint density at radius 2 is 1.50 bits per heavy atom. The van der Waals surface area contributed by atoms with Gasteiger partial charge in [0.1, 0.15) is 11.7 Å². The largest absolute Gasteiger partial charge is 0.390 e. The van der Waals surface area contributed by atoms with Crippen LogP contribution in [-0.2, 0) is 4.79 Å². The first-order valence-electron chi connectivity index (χ1n) is 5.39. The zero-order valence-electron chi connectivity index (χ0n) is 9.84. The van der Waals surface area contributed by atoms with Crippen LogP contribution in [0.3, 0.4) is 0 Å². The van der Waals surface area contributed by atoms with Crippen molar-refractivity contribution in [2.24, 2.45) is 5.41 Å². The second kappa shape index (κ2) is 4.07. The summed E-state index contributed by atoms with van der Waals surface area (Å²) in [6, 6.07) is 0. The van der Waals surface area contributed by atoms with Crippen molar-refractivity contribution in [3.8, 4) is 0 Å². The number of carbonyl (C=O) groups excluding carboxylic acids is 1. The molecule has 1 saturated carbocycles. The predicted molar refractivity (Wildman–Crippen MR) is 56.7 cm³/mol. The SMILES string of the molecule is CC(C)(C)C(=O)C1(O)C[C@@H](O)C(O)[C@H](O)C1. The number of ketones is 1. The van der Waals surface area contributed by atoms with Gasteiger partial charge in [-0.1, -0.05) is 20.8 Å². The average Bonchev–Trinajstić information content (AvgIpc) is 2.11. The summed E-state index contributed by atoms with van der Waals surface area (Å²) in [6.45, 7) is 4.99. The van der Waals surface area contributed by atoms with Gasteiger partial charge in [0.25, 0.3) is 0 Å². The molecule has 5 nitrogen and oxygen atoms in total. The summed E-state index contributed by atoms with van der Waals surface area (Å²) in [7, 11) is 0. The number of aliphatic hydroxyl groups excluding tert-OH is 3. The van der Waals surface area contributed by atoms with Crippen LogP contribution in [0.1, 0.15) is 33.6 Å². The van der Waals surface area contributed by atoms with Crippen LogP contribution in [-0.4, -0.2) is 50.1 Å². The number of rotatable bonds is 1. The highest BCUT2D eigenvalue weighted by Gasteiger charge is 2.50. The standard InChI is InChI=1S/C11H20O5/c1-10(2,3)9(15)11(16)4-6(12)8(14)7(13)5-11/h6-8,12-14,16H,4-5H2,1-3H3/t6-,7-,8?,11?/m1/s1. The smallest absolute Gasteiger partial charge is 0.169 e. The summed E-state index contributed by atoms with van der Waals surface area (Å²) in [5.41, 5.74) is -2.51. The summed E-state index contributed by atoms with van der Waals surface area (Å²) >= 11 is 0.